The van der Waals surface area contributed by atoms with Crippen molar-refractivity contribution in [1.82, 2.24) is 9.96 Å². The largest absolute Gasteiger partial charge is 0.327 e. The fraction of sp³-hybridized carbons (Fsp3) is 0.500. The lowest BCUT2D eigenvalue weighted by Crippen LogP contribution is -2.55. The van der Waals surface area contributed by atoms with E-state index in [0.29, 0.717) is 0 Å². The van der Waals surface area contributed by atoms with E-state index in [1.807, 2.05) is 14.1 Å². The summed E-state index contributed by atoms with van der Waals surface area (Å²) in [4.78, 5) is 6.82. The summed E-state index contributed by atoms with van der Waals surface area (Å²) in [7, 11) is 2.88. The number of nitrogens with one attached hydrogen (secondary N) is 2. The molecular weight excluding hydrogens is 200 g/mol. The van der Waals surface area contributed by atoms with Gasteiger partial charge in [-0.25, -0.2) is 0 Å². The van der Waals surface area contributed by atoms with Gasteiger partial charge in [0, 0.05) is 0 Å². The minimum atomic E-state index is -1.19. The molecule has 84 valence electrons. The van der Waals surface area contributed by atoms with E-state index in [2.05, 4.69) is 55.0 Å². The first kappa shape index (κ1) is 12.4. The molecule has 2 nitrogen and oxygen atoms in total. The van der Waals surface area contributed by atoms with Crippen LogP contribution < -0.4 is 15.2 Å². The van der Waals surface area contributed by atoms with Crippen LogP contribution in [-0.2, 0) is 5.41 Å². The molecule has 0 aliphatic heterocycles. The number of rotatable bonds is 3. The van der Waals surface area contributed by atoms with Gasteiger partial charge in [-0.1, -0.05) is 45.0 Å². The van der Waals surface area contributed by atoms with Crippen molar-refractivity contribution in [3.05, 3.63) is 29.8 Å². The van der Waals surface area contributed by atoms with Crippen molar-refractivity contribution in [1.29, 1.82) is 0 Å². The Balaban J connectivity index is 3.17. The van der Waals surface area contributed by atoms with Gasteiger partial charge in [0.25, 0.3) is 0 Å². The van der Waals surface area contributed by atoms with Crippen molar-refractivity contribution in [3.8, 4) is 0 Å². The average molecular weight is 222 g/mol. The maximum atomic E-state index is 3.41. The summed E-state index contributed by atoms with van der Waals surface area (Å²) in [6, 6.07) is 8.73. The van der Waals surface area contributed by atoms with Crippen LogP contribution in [0, 0.1) is 0 Å². The molecule has 0 aromatic heterocycles. The highest BCUT2D eigenvalue weighted by Crippen LogP contribution is 2.19. The summed E-state index contributed by atoms with van der Waals surface area (Å²) in [5, 5.41) is 1.47. The topological polar surface area (TPSA) is 24.1 Å². The Morgan fingerprint density at radius 2 is 1.53 bits per heavy atom. The molecular formula is C12H22N2Si. The molecule has 0 fully saturated rings. The molecule has 0 amide bonds. The average Bonchev–Trinajstić information content (AvgIpc) is 2.19. The fourth-order valence-corrected chi connectivity index (χ4v) is 3.94. The van der Waals surface area contributed by atoms with Gasteiger partial charge in [0.1, 0.15) is 0 Å². The molecule has 0 unspecified atom stereocenters. The number of benzene rings is 1. The Hall–Kier alpha value is -0.643. The lowest BCUT2D eigenvalue weighted by atomic mass is 9.87. The minimum Gasteiger partial charge on any atom is -0.327 e. The van der Waals surface area contributed by atoms with Crippen LogP contribution in [0.4, 0.5) is 0 Å². The maximum Gasteiger partial charge on any atom is 0.217 e. The lowest BCUT2D eigenvalue weighted by molar-refractivity contribution is 0.593. The van der Waals surface area contributed by atoms with E-state index in [9.17, 15) is 0 Å². The second kappa shape index (κ2) is 4.92. The van der Waals surface area contributed by atoms with E-state index in [1.54, 1.807) is 0 Å². The molecule has 0 bridgehead atoms. The van der Waals surface area contributed by atoms with Crippen LogP contribution in [0.15, 0.2) is 24.3 Å². The highest BCUT2D eigenvalue weighted by molar-refractivity contribution is 6.69. The van der Waals surface area contributed by atoms with Crippen molar-refractivity contribution < 1.29 is 0 Å². The van der Waals surface area contributed by atoms with Gasteiger partial charge in [0.15, 0.2) is 0 Å². The normalized spacial score (nSPS) is 12.1. The molecule has 1 aromatic carbocycles. The van der Waals surface area contributed by atoms with Crippen LogP contribution >= 0.6 is 0 Å². The fourth-order valence-electron chi connectivity index (χ4n) is 1.89. The molecule has 0 aliphatic rings. The third kappa shape index (κ3) is 2.90. The second-order valence-electron chi connectivity index (χ2n) is 4.85. The highest BCUT2D eigenvalue weighted by Gasteiger charge is 2.21. The zero-order chi connectivity index (χ0) is 11.5. The Bertz CT molecular complexity index is 314. The Morgan fingerprint density at radius 1 is 1.00 bits per heavy atom. The van der Waals surface area contributed by atoms with Gasteiger partial charge in [-0.3, -0.25) is 0 Å². The summed E-state index contributed by atoms with van der Waals surface area (Å²) in [6.07, 6.45) is 0. The van der Waals surface area contributed by atoms with Crippen molar-refractivity contribution in [3.63, 3.8) is 0 Å². The molecule has 0 heterocycles. The van der Waals surface area contributed by atoms with E-state index in [-0.39, 0.29) is 5.41 Å². The smallest absolute Gasteiger partial charge is 0.217 e. The molecule has 0 radical (unpaired) electrons. The van der Waals surface area contributed by atoms with Crippen molar-refractivity contribution in [2.24, 2.45) is 0 Å². The Morgan fingerprint density at radius 3 is 2.00 bits per heavy atom. The third-order valence-electron chi connectivity index (χ3n) is 2.66. The van der Waals surface area contributed by atoms with Crippen LogP contribution in [0.1, 0.15) is 26.3 Å². The van der Waals surface area contributed by atoms with Gasteiger partial charge in [0.2, 0.25) is 9.12 Å². The molecule has 0 aliphatic carbocycles. The molecule has 3 heteroatoms. The van der Waals surface area contributed by atoms with Crippen LogP contribution in [0.5, 0.6) is 0 Å². The van der Waals surface area contributed by atoms with Crippen LogP contribution in [0.25, 0.3) is 0 Å². The molecule has 1 aromatic rings. The number of hydrogen-bond donors (Lipinski definition) is 2. The quantitative estimate of drug-likeness (QED) is 0.741. The van der Waals surface area contributed by atoms with Crippen LogP contribution in [0.3, 0.4) is 0 Å². The van der Waals surface area contributed by atoms with E-state index in [4.69, 9.17) is 0 Å². The van der Waals surface area contributed by atoms with Crippen molar-refractivity contribution in [2.45, 2.75) is 26.2 Å². The summed E-state index contributed by atoms with van der Waals surface area (Å²) in [6.45, 7) is 6.80. The molecule has 0 spiro atoms. The lowest BCUT2D eigenvalue weighted by Gasteiger charge is -2.26. The molecule has 2 N–H and O–H groups in total. The van der Waals surface area contributed by atoms with Crippen molar-refractivity contribution in [2.75, 3.05) is 14.1 Å². The van der Waals surface area contributed by atoms with Gasteiger partial charge >= 0.3 is 0 Å². The first-order valence-corrected chi connectivity index (χ1v) is 7.18. The monoisotopic (exact) mass is 222 g/mol. The SMILES string of the molecule is CN[SiH](NC)c1ccccc1C(C)(C)C. The summed E-state index contributed by atoms with van der Waals surface area (Å²) in [5.41, 5.74) is 1.67. The first-order valence-electron chi connectivity index (χ1n) is 5.44. The molecule has 0 saturated carbocycles. The first-order chi connectivity index (χ1) is 7.00. The van der Waals surface area contributed by atoms with E-state index in [1.165, 1.54) is 10.8 Å². The predicted octanol–water partition coefficient (Wildman–Crippen LogP) is 0.850. The van der Waals surface area contributed by atoms with Gasteiger partial charge < -0.3 is 9.96 Å². The van der Waals surface area contributed by atoms with Crippen molar-refractivity contribution >= 4 is 14.3 Å². The molecule has 15 heavy (non-hydrogen) atoms. The maximum absolute atomic E-state index is 3.41. The van der Waals surface area contributed by atoms with Gasteiger partial charge in [-0.15, -0.1) is 0 Å². The van der Waals surface area contributed by atoms with Gasteiger partial charge in [-0.2, -0.15) is 0 Å². The summed E-state index contributed by atoms with van der Waals surface area (Å²) in [5.74, 6) is 0. The second-order valence-corrected chi connectivity index (χ2v) is 7.49. The predicted molar refractivity (Wildman–Crippen MR) is 70.0 cm³/mol. The third-order valence-corrected chi connectivity index (χ3v) is 4.94. The summed E-state index contributed by atoms with van der Waals surface area (Å²) >= 11 is 0. The highest BCUT2D eigenvalue weighted by atomic mass is 28.3. The zero-order valence-corrected chi connectivity index (χ0v) is 11.5. The van der Waals surface area contributed by atoms with Gasteiger partial charge in [-0.05, 0) is 30.3 Å². The summed E-state index contributed by atoms with van der Waals surface area (Å²) < 4.78 is 0. The zero-order valence-electron chi connectivity index (χ0n) is 10.4. The molecule has 1 rings (SSSR count). The van der Waals surface area contributed by atoms with Crippen LogP contribution in [0.2, 0.25) is 0 Å². The van der Waals surface area contributed by atoms with Gasteiger partial charge in [0.05, 0.1) is 0 Å². The van der Waals surface area contributed by atoms with E-state index < -0.39 is 9.12 Å². The molecule has 0 atom stereocenters. The van der Waals surface area contributed by atoms with E-state index >= 15 is 0 Å². The van der Waals surface area contributed by atoms with E-state index in [0.717, 1.165) is 0 Å². The minimum absolute atomic E-state index is 0.218. The molecule has 0 saturated heterocycles. The standard InChI is InChI=1S/C12H22N2Si/c1-12(2,3)10-8-6-7-9-11(10)15(13-4)14-5/h6-9,13-15H,1-5H3. The Labute approximate surface area is 94.9 Å². The van der Waals surface area contributed by atoms with Crippen LogP contribution in [-0.4, -0.2) is 23.2 Å². The number of hydrogen-bond acceptors (Lipinski definition) is 2. The Kier molecular flexibility index (Phi) is 4.08.